The molecule has 0 radical (unpaired) electrons. The third-order valence-corrected chi connectivity index (χ3v) is 3.73. The molecule has 3 heterocycles. The van der Waals surface area contributed by atoms with E-state index in [0.717, 1.165) is 0 Å². The lowest BCUT2D eigenvalue weighted by Crippen LogP contribution is -2.19. The lowest BCUT2D eigenvalue weighted by molar-refractivity contribution is 0.108. The van der Waals surface area contributed by atoms with Crippen LogP contribution in [0.4, 0.5) is 0 Å². The van der Waals surface area contributed by atoms with Crippen molar-refractivity contribution >= 4 is 0 Å². The molecule has 0 saturated heterocycles. The number of aliphatic hydroxyl groups is 3. The van der Waals surface area contributed by atoms with Crippen LogP contribution in [0.5, 0.6) is 0 Å². The van der Waals surface area contributed by atoms with Crippen LogP contribution in [0.2, 0.25) is 0 Å². The Balaban J connectivity index is 0.000000247. The quantitative estimate of drug-likeness (QED) is 0.470. The first-order chi connectivity index (χ1) is 15.2. The van der Waals surface area contributed by atoms with Crippen LogP contribution in [0.1, 0.15) is 55.9 Å². The van der Waals surface area contributed by atoms with E-state index in [1.165, 1.54) is 20.8 Å². The number of nitrogens with zero attached hydrogens (tertiary/aromatic N) is 6. The Labute approximate surface area is 190 Å². The van der Waals surface area contributed by atoms with Crippen LogP contribution < -0.4 is 0 Å². The van der Waals surface area contributed by atoms with Gasteiger partial charge in [0.25, 0.3) is 0 Å². The molecule has 3 aromatic rings. The van der Waals surface area contributed by atoms with Gasteiger partial charge in [-0.15, -0.1) is 19.3 Å². The first kappa shape index (κ1) is 27.0. The second-order valence-electron chi connectivity index (χ2n) is 7.06. The first-order valence-corrected chi connectivity index (χ1v) is 9.21. The molecule has 0 aliphatic carbocycles. The monoisotopic (exact) mass is 456 g/mol. The summed E-state index contributed by atoms with van der Waals surface area (Å²) in [6, 6.07) is 0. The Morgan fingerprint density at radius 2 is 0.788 bits per heavy atom. The number of rotatable bonds is 3. The van der Waals surface area contributed by atoms with Crippen LogP contribution >= 0.6 is 0 Å². The maximum absolute atomic E-state index is 9.39. The summed E-state index contributed by atoms with van der Waals surface area (Å²) >= 11 is 0. The third-order valence-electron chi connectivity index (χ3n) is 3.73. The van der Waals surface area contributed by atoms with Gasteiger partial charge in [-0.2, -0.15) is 15.0 Å². The molecule has 3 aromatic heterocycles. The normalized spacial score (nSPS) is 15.5. The highest BCUT2D eigenvalue weighted by Crippen LogP contribution is 2.16. The fraction of sp³-hybridized carbons (Fsp3) is 0.429. The molecule has 0 spiro atoms. The molecule has 0 aliphatic heterocycles. The fourth-order valence-electron chi connectivity index (χ4n) is 1.68. The Bertz CT molecular complexity index is 1030. The smallest absolute Gasteiger partial charge is 0.223 e. The van der Waals surface area contributed by atoms with Crippen molar-refractivity contribution in [2.45, 2.75) is 58.3 Å². The fourth-order valence-corrected chi connectivity index (χ4v) is 1.68. The summed E-state index contributed by atoms with van der Waals surface area (Å²) < 4.78 is 13.9. The molecular formula is C21H24N6O6. The molecule has 3 N–H and O–H groups in total. The molecule has 0 amide bonds. The lowest BCUT2D eigenvalue weighted by atomic mass is 10.1. The largest absolute Gasteiger partial charge is 0.371 e. The minimum Gasteiger partial charge on any atom is -0.371 e. The lowest BCUT2D eigenvalue weighted by Gasteiger charge is -2.08. The predicted octanol–water partition coefficient (Wildman–Crippen LogP) is 0.656. The van der Waals surface area contributed by atoms with Gasteiger partial charge in [0, 0.05) is 20.8 Å². The van der Waals surface area contributed by atoms with Crippen LogP contribution in [0.15, 0.2) is 13.6 Å². The minimum atomic E-state index is -1.43. The zero-order valence-corrected chi connectivity index (χ0v) is 19.0. The summed E-state index contributed by atoms with van der Waals surface area (Å²) in [5.41, 5.74) is -4.30. The van der Waals surface area contributed by atoms with Crippen LogP contribution in [-0.4, -0.2) is 45.7 Å². The van der Waals surface area contributed by atoms with E-state index in [9.17, 15) is 15.3 Å². The van der Waals surface area contributed by atoms with Crippen LogP contribution in [0.3, 0.4) is 0 Å². The molecule has 33 heavy (non-hydrogen) atoms. The second-order valence-corrected chi connectivity index (χ2v) is 7.06. The first-order valence-electron chi connectivity index (χ1n) is 9.21. The van der Waals surface area contributed by atoms with Crippen LogP contribution in [0, 0.1) is 57.8 Å². The molecule has 12 nitrogen and oxygen atoms in total. The molecular weight excluding hydrogens is 432 g/mol. The van der Waals surface area contributed by atoms with Crippen molar-refractivity contribution in [3.05, 3.63) is 35.1 Å². The molecule has 3 rings (SSSR count). The Hall–Kier alpha value is -4.02. The topological polar surface area (TPSA) is 177 Å². The highest BCUT2D eigenvalue weighted by Gasteiger charge is 2.27. The standard InChI is InChI=1S/3C7H8N2O2/c3*1-4-7(3,10)6-8-5(2)11-9-6/h3*1,10H,2-3H3/t2*7-;/m10./s1. The van der Waals surface area contributed by atoms with E-state index in [0.29, 0.717) is 17.7 Å². The summed E-state index contributed by atoms with van der Waals surface area (Å²) in [5.74, 6) is 7.95. The number of hydrogen-bond donors (Lipinski definition) is 3. The summed E-state index contributed by atoms with van der Waals surface area (Å²) in [6.45, 7) is 9.17. The van der Waals surface area contributed by atoms with Gasteiger partial charge in [0.05, 0.1) is 0 Å². The molecule has 0 fully saturated rings. The number of aryl methyl sites for hydroxylation is 3. The van der Waals surface area contributed by atoms with Crippen LogP contribution in [-0.2, 0) is 16.8 Å². The van der Waals surface area contributed by atoms with Crippen molar-refractivity contribution in [2.24, 2.45) is 0 Å². The van der Waals surface area contributed by atoms with Crippen molar-refractivity contribution in [3.63, 3.8) is 0 Å². The molecule has 0 aromatic carbocycles. The number of aromatic nitrogens is 6. The average molecular weight is 456 g/mol. The van der Waals surface area contributed by atoms with E-state index in [2.05, 4.69) is 61.8 Å². The molecule has 0 saturated carbocycles. The van der Waals surface area contributed by atoms with Gasteiger partial charge >= 0.3 is 0 Å². The zero-order chi connectivity index (χ0) is 25.4. The summed E-state index contributed by atoms with van der Waals surface area (Å²) in [7, 11) is 0. The zero-order valence-electron chi connectivity index (χ0n) is 19.0. The summed E-state index contributed by atoms with van der Waals surface area (Å²) in [4.78, 5) is 11.3. The Morgan fingerprint density at radius 1 is 0.576 bits per heavy atom. The van der Waals surface area contributed by atoms with Gasteiger partial charge in [-0.25, -0.2) is 0 Å². The third kappa shape index (κ3) is 7.56. The highest BCUT2D eigenvalue weighted by molar-refractivity contribution is 5.16. The van der Waals surface area contributed by atoms with Crippen molar-refractivity contribution < 1.29 is 28.9 Å². The highest BCUT2D eigenvalue weighted by atomic mass is 16.5. The van der Waals surface area contributed by atoms with Gasteiger partial charge in [-0.3, -0.25) is 0 Å². The molecule has 3 atom stereocenters. The summed E-state index contributed by atoms with van der Waals surface area (Å²) in [6.07, 6.45) is 15.1. The van der Waals surface area contributed by atoms with Crippen molar-refractivity contribution in [1.29, 1.82) is 0 Å². The SMILES string of the molecule is C#CC(C)(O)c1noc(C)n1.C#C[C@@](C)(O)c1noc(C)n1.C#C[C@](C)(O)c1noc(C)n1. The van der Waals surface area contributed by atoms with Crippen molar-refractivity contribution in [3.8, 4) is 37.0 Å². The van der Waals surface area contributed by atoms with Gasteiger partial charge in [-0.1, -0.05) is 33.2 Å². The van der Waals surface area contributed by atoms with E-state index in [4.69, 9.17) is 19.3 Å². The molecule has 0 bridgehead atoms. The minimum absolute atomic E-state index is 0.123. The molecule has 12 heteroatoms. The van der Waals surface area contributed by atoms with E-state index in [-0.39, 0.29) is 17.5 Å². The molecule has 0 aliphatic rings. The van der Waals surface area contributed by atoms with E-state index in [1.54, 1.807) is 20.8 Å². The van der Waals surface area contributed by atoms with E-state index < -0.39 is 16.8 Å². The van der Waals surface area contributed by atoms with Gasteiger partial charge in [0.1, 0.15) is 0 Å². The second kappa shape index (κ2) is 10.5. The van der Waals surface area contributed by atoms with Gasteiger partial charge in [0.2, 0.25) is 35.1 Å². The number of terminal acetylenes is 3. The Kier molecular flexibility index (Phi) is 8.62. The van der Waals surface area contributed by atoms with E-state index >= 15 is 0 Å². The maximum Gasteiger partial charge on any atom is 0.223 e. The van der Waals surface area contributed by atoms with Crippen molar-refractivity contribution in [1.82, 2.24) is 30.4 Å². The average Bonchev–Trinajstić information content (AvgIpc) is 3.51. The Morgan fingerprint density at radius 3 is 0.909 bits per heavy atom. The van der Waals surface area contributed by atoms with Gasteiger partial charge < -0.3 is 28.9 Å². The van der Waals surface area contributed by atoms with Crippen LogP contribution in [0.25, 0.3) is 0 Å². The maximum atomic E-state index is 9.39. The van der Waals surface area contributed by atoms with Crippen molar-refractivity contribution in [2.75, 3.05) is 0 Å². The predicted molar refractivity (Wildman–Crippen MR) is 112 cm³/mol. The van der Waals surface area contributed by atoms with Gasteiger partial charge in [-0.05, 0) is 20.8 Å². The molecule has 174 valence electrons. The van der Waals surface area contributed by atoms with E-state index in [1.807, 2.05) is 0 Å². The van der Waals surface area contributed by atoms with Gasteiger partial charge in [0.15, 0.2) is 16.8 Å². The summed E-state index contributed by atoms with van der Waals surface area (Å²) in [5, 5.41) is 38.6. The molecule has 1 unspecified atom stereocenters. The number of hydrogen-bond acceptors (Lipinski definition) is 12.